The summed E-state index contributed by atoms with van der Waals surface area (Å²) >= 11 is 0. The molecule has 1 aromatic rings. The van der Waals surface area contributed by atoms with Gasteiger partial charge in [-0.05, 0) is 25.3 Å². The van der Waals surface area contributed by atoms with Gasteiger partial charge in [-0.25, -0.2) is 0 Å². The van der Waals surface area contributed by atoms with Gasteiger partial charge in [0.05, 0.1) is 12.1 Å². The summed E-state index contributed by atoms with van der Waals surface area (Å²) in [5.41, 5.74) is 6.84. The standard InChI is InChI=1S/C18H24N2O3/c1-13-17(14-9-5-3-6-10-14)23-16(21)12-8-4-7-11-15(19)18(22)20(13)2/h3-7,9-10,13,15,17H,8,11-12,19H2,1-2H3/b7-4-/t13-,15+,17-/m0/s1. The number of esters is 1. The van der Waals surface area contributed by atoms with Crippen molar-refractivity contribution in [3.8, 4) is 0 Å². The highest BCUT2D eigenvalue weighted by atomic mass is 16.5. The minimum Gasteiger partial charge on any atom is -0.455 e. The number of hydrogen-bond acceptors (Lipinski definition) is 4. The lowest BCUT2D eigenvalue weighted by Crippen LogP contribution is -2.48. The molecule has 0 saturated heterocycles. The van der Waals surface area contributed by atoms with Gasteiger partial charge in [0.2, 0.25) is 5.91 Å². The Balaban J connectivity index is 2.32. The van der Waals surface area contributed by atoms with E-state index in [4.69, 9.17) is 10.5 Å². The third-order valence-electron chi connectivity index (χ3n) is 4.17. The number of benzene rings is 1. The first-order valence-electron chi connectivity index (χ1n) is 7.92. The van der Waals surface area contributed by atoms with Gasteiger partial charge >= 0.3 is 5.97 Å². The number of rotatable bonds is 1. The summed E-state index contributed by atoms with van der Waals surface area (Å²) in [5, 5.41) is 0. The topological polar surface area (TPSA) is 72.6 Å². The van der Waals surface area contributed by atoms with Crippen molar-refractivity contribution in [3.63, 3.8) is 0 Å². The van der Waals surface area contributed by atoms with Gasteiger partial charge in [0.1, 0.15) is 6.10 Å². The Hall–Kier alpha value is -2.14. The molecule has 1 aromatic carbocycles. The SMILES string of the molecule is C[C@H]1[C@@H](c2ccccc2)OC(=O)CC/C=C\C[C@@H](N)C(=O)N1C. The fourth-order valence-corrected chi connectivity index (χ4v) is 2.62. The number of amides is 1. The predicted molar refractivity (Wildman–Crippen MR) is 88.5 cm³/mol. The van der Waals surface area contributed by atoms with Crippen LogP contribution < -0.4 is 5.73 Å². The first-order valence-corrected chi connectivity index (χ1v) is 7.92. The Kier molecular flexibility index (Phi) is 5.93. The molecule has 23 heavy (non-hydrogen) atoms. The number of carbonyl (C=O) groups excluding carboxylic acids is 2. The van der Waals surface area contributed by atoms with Crippen LogP contribution in [0.25, 0.3) is 0 Å². The lowest BCUT2D eigenvalue weighted by atomic mass is 10.0. The number of nitrogens with zero attached hydrogens (tertiary/aromatic N) is 1. The molecule has 3 atom stereocenters. The summed E-state index contributed by atoms with van der Waals surface area (Å²) in [6, 6.07) is 8.61. The molecule has 1 amide bonds. The monoisotopic (exact) mass is 316 g/mol. The molecule has 2 rings (SSSR count). The van der Waals surface area contributed by atoms with Crippen molar-refractivity contribution >= 4 is 11.9 Å². The molecule has 124 valence electrons. The fraction of sp³-hybridized carbons (Fsp3) is 0.444. The highest BCUT2D eigenvalue weighted by Crippen LogP contribution is 2.26. The number of allylic oxidation sites excluding steroid dienone is 1. The lowest BCUT2D eigenvalue weighted by molar-refractivity contribution is -0.155. The van der Waals surface area contributed by atoms with Gasteiger partial charge in [-0.1, -0.05) is 42.5 Å². The molecule has 5 heteroatoms. The van der Waals surface area contributed by atoms with Gasteiger partial charge < -0.3 is 15.4 Å². The molecule has 1 aliphatic heterocycles. The van der Waals surface area contributed by atoms with Crippen molar-refractivity contribution in [2.45, 2.75) is 44.4 Å². The summed E-state index contributed by atoms with van der Waals surface area (Å²) in [4.78, 5) is 26.1. The zero-order valence-electron chi connectivity index (χ0n) is 13.6. The minimum absolute atomic E-state index is 0.153. The van der Waals surface area contributed by atoms with Crippen molar-refractivity contribution in [1.82, 2.24) is 4.90 Å². The molecule has 0 fully saturated rings. The Morgan fingerprint density at radius 1 is 1.17 bits per heavy atom. The molecule has 0 aromatic heterocycles. The maximum atomic E-state index is 12.5. The molecule has 1 aliphatic rings. The number of carbonyl (C=O) groups is 2. The van der Waals surface area contributed by atoms with Crippen molar-refractivity contribution < 1.29 is 14.3 Å². The van der Waals surface area contributed by atoms with Crippen molar-refractivity contribution in [2.75, 3.05) is 7.05 Å². The molecule has 0 bridgehead atoms. The van der Waals surface area contributed by atoms with Crippen LogP contribution in [0.5, 0.6) is 0 Å². The van der Waals surface area contributed by atoms with Gasteiger partial charge in [-0.2, -0.15) is 0 Å². The molecule has 0 spiro atoms. The van der Waals surface area contributed by atoms with E-state index in [1.807, 2.05) is 49.4 Å². The van der Waals surface area contributed by atoms with Crippen molar-refractivity contribution in [2.24, 2.45) is 5.73 Å². The molecular formula is C18H24N2O3. The van der Waals surface area contributed by atoms with Crippen LogP contribution in [0.1, 0.15) is 37.9 Å². The van der Waals surface area contributed by atoms with Gasteiger partial charge in [0.25, 0.3) is 0 Å². The van der Waals surface area contributed by atoms with Crippen LogP contribution >= 0.6 is 0 Å². The van der Waals surface area contributed by atoms with E-state index < -0.39 is 12.1 Å². The van der Waals surface area contributed by atoms with Gasteiger partial charge in [-0.3, -0.25) is 9.59 Å². The Morgan fingerprint density at radius 3 is 2.57 bits per heavy atom. The molecular weight excluding hydrogens is 292 g/mol. The Morgan fingerprint density at radius 2 is 1.87 bits per heavy atom. The molecule has 2 N–H and O–H groups in total. The second-order valence-electron chi connectivity index (χ2n) is 5.86. The summed E-state index contributed by atoms with van der Waals surface area (Å²) in [7, 11) is 1.70. The first kappa shape index (κ1) is 17.2. The van der Waals surface area contributed by atoms with E-state index in [1.165, 1.54) is 0 Å². The highest BCUT2D eigenvalue weighted by Gasteiger charge is 2.31. The molecule has 0 radical (unpaired) electrons. The fourth-order valence-electron chi connectivity index (χ4n) is 2.62. The maximum Gasteiger partial charge on any atom is 0.306 e. The zero-order valence-corrected chi connectivity index (χ0v) is 13.6. The van der Waals surface area contributed by atoms with E-state index in [-0.39, 0.29) is 17.9 Å². The van der Waals surface area contributed by atoms with Crippen LogP contribution in [-0.2, 0) is 14.3 Å². The largest absolute Gasteiger partial charge is 0.455 e. The molecule has 1 heterocycles. The average molecular weight is 316 g/mol. The number of likely N-dealkylation sites (N-methyl/N-ethyl adjacent to an activating group) is 1. The van der Waals surface area contributed by atoms with Crippen LogP contribution in [0, 0.1) is 0 Å². The molecule has 0 aliphatic carbocycles. The predicted octanol–water partition coefficient (Wildman–Crippen LogP) is 2.19. The lowest BCUT2D eigenvalue weighted by Gasteiger charge is -2.33. The van der Waals surface area contributed by atoms with Crippen LogP contribution in [0.3, 0.4) is 0 Å². The van der Waals surface area contributed by atoms with Crippen LogP contribution in [0.4, 0.5) is 0 Å². The number of hydrogen-bond donors (Lipinski definition) is 1. The highest BCUT2D eigenvalue weighted by molar-refractivity contribution is 5.82. The second kappa shape index (κ2) is 7.92. The zero-order chi connectivity index (χ0) is 16.8. The summed E-state index contributed by atoms with van der Waals surface area (Å²) in [6.07, 6.45) is 4.60. The third kappa shape index (κ3) is 4.42. The van der Waals surface area contributed by atoms with Crippen molar-refractivity contribution in [3.05, 3.63) is 48.0 Å². The molecule has 0 saturated carbocycles. The Bertz CT molecular complexity index is 571. The number of nitrogens with two attached hydrogens (primary N) is 1. The third-order valence-corrected chi connectivity index (χ3v) is 4.17. The molecule has 0 unspecified atom stereocenters. The van der Waals surface area contributed by atoms with E-state index in [9.17, 15) is 9.59 Å². The van der Waals surface area contributed by atoms with Gasteiger partial charge in [0, 0.05) is 13.5 Å². The summed E-state index contributed by atoms with van der Waals surface area (Å²) in [6.45, 7) is 1.87. The Labute approximate surface area is 137 Å². The number of ether oxygens (including phenoxy) is 1. The number of cyclic esters (lactones) is 1. The minimum atomic E-state index is -0.578. The van der Waals surface area contributed by atoms with E-state index in [2.05, 4.69) is 0 Å². The van der Waals surface area contributed by atoms with Crippen molar-refractivity contribution in [1.29, 1.82) is 0 Å². The van der Waals surface area contributed by atoms with Crippen LogP contribution in [-0.4, -0.2) is 35.9 Å². The van der Waals surface area contributed by atoms with E-state index in [0.717, 1.165) is 5.56 Å². The van der Waals surface area contributed by atoms with E-state index in [1.54, 1.807) is 11.9 Å². The van der Waals surface area contributed by atoms with Crippen LogP contribution in [0.2, 0.25) is 0 Å². The normalized spacial score (nSPS) is 28.5. The smallest absolute Gasteiger partial charge is 0.306 e. The van der Waals surface area contributed by atoms with Crippen LogP contribution in [0.15, 0.2) is 42.5 Å². The summed E-state index contributed by atoms with van der Waals surface area (Å²) in [5.74, 6) is -0.416. The molecule has 5 nitrogen and oxygen atoms in total. The quantitative estimate of drug-likeness (QED) is 0.637. The van der Waals surface area contributed by atoms with E-state index >= 15 is 0 Å². The second-order valence-corrected chi connectivity index (χ2v) is 5.86. The van der Waals surface area contributed by atoms with Gasteiger partial charge in [0.15, 0.2) is 0 Å². The van der Waals surface area contributed by atoms with Gasteiger partial charge in [-0.15, -0.1) is 0 Å². The average Bonchev–Trinajstić information content (AvgIpc) is 2.57. The first-order chi connectivity index (χ1) is 11.0. The maximum absolute atomic E-state index is 12.5. The van der Waals surface area contributed by atoms with E-state index in [0.29, 0.717) is 19.3 Å². The summed E-state index contributed by atoms with van der Waals surface area (Å²) < 4.78 is 5.67.